The summed E-state index contributed by atoms with van der Waals surface area (Å²) < 4.78 is 26.6. The normalized spacial score (nSPS) is 11.2. The van der Waals surface area contributed by atoms with Gasteiger partial charge < -0.3 is 5.32 Å². The van der Waals surface area contributed by atoms with Crippen LogP contribution in [0.5, 0.6) is 0 Å². The molecule has 7 heteroatoms. The lowest BCUT2D eigenvalue weighted by Gasteiger charge is -2.09. The Hall–Kier alpha value is -1.89. The average molecular weight is 353 g/mol. The first kappa shape index (κ1) is 17.5. The molecular weight excluding hydrogens is 336 g/mol. The van der Waals surface area contributed by atoms with Gasteiger partial charge in [-0.1, -0.05) is 35.9 Å². The summed E-state index contributed by atoms with van der Waals surface area (Å²) in [5.41, 5.74) is 1.44. The predicted octanol–water partition coefficient (Wildman–Crippen LogP) is 2.36. The van der Waals surface area contributed by atoms with Crippen LogP contribution in [0.3, 0.4) is 0 Å². The smallest absolute Gasteiger partial charge is 0.251 e. The van der Waals surface area contributed by atoms with Crippen LogP contribution < -0.4 is 10.0 Å². The van der Waals surface area contributed by atoms with Crippen LogP contribution in [0.4, 0.5) is 0 Å². The molecule has 2 aromatic carbocycles. The number of nitrogens with one attached hydrogen (secondary N) is 2. The van der Waals surface area contributed by atoms with Gasteiger partial charge >= 0.3 is 0 Å². The molecule has 0 bridgehead atoms. The maximum absolute atomic E-state index is 12.1. The van der Waals surface area contributed by atoms with E-state index in [9.17, 15) is 13.2 Å². The van der Waals surface area contributed by atoms with Gasteiger partial charge in [0.15, 0.2) is 0 Å². The van der Waals surface area contributed by atoms with E-state index >= 15 is 0 Å². The van der Waals surface area contributed by atoms with Crippen molar-refractivity contribution >= 4 is 27.5 Å². The first-order valence-electron chi connectivity index (χ1n) is 6.99. The first-order chi connectivity index (χ1) is 10.9. The van der Waals surface area contributed by atoms with Gasteiger partial charge in [-0.2, -0.15) is 0 Å². The van der Waals surface area contributed by atoms with Gasteiger partial charge in [-0.05, 0) is 36.8 Å². The third-order valence-electron chi connectivity index (χ3n) is 3.20. The van der Waals surface area contributed by atoms with Crippen LogP contribution in [-0.2, 0) is 10.0 Å². The fraction of sp³-hybridized carbons (Fsp3) is 0.188. The van der Waals surface area contributed by atoms with Crippen molar-refractivity contribution in [1.29, 1.82) is 0 Å². The molecular formula is C16H17ClN2O3S. The van der Waals surface area contributed by atoms with Crippen molar-refractivity contribution in [3.8, 4) is 0 Å². The van der Waals surface area contributed by atoms with Gasteiger partial charge in [-0.15, -0.1) is 0 Å². The van der Waals surface area contributed by atoms with Crippen molar-refractivity contribution in [2.24, 2.45) is 0 Å². The Morgan fingerprint density at radius 2 is 1.83 bits per heavy atom. The predicted molar refractivity (Wildman–Crippen MR) is 90.2 cm³/mol. The molecule has 0 saturated heterocycles. The van der Waals surface area contributed by atoms with Crippen molar-refractivity contribution in [3.63, 3.8) is 0 Å². The number of aryl methyl sites for hydroxylation is 1. The van der Waals surface area contributed by atoms with Gasteiger partial charge in [0.2, 0.25) is 10.0 Å². The second kappa shape index (κ2) is 7.59. The third kappa shape index (κ3) is 4.79. The molecule has 2 N–H and O–H groups in total. The Balaban J connectivity index is 1.88. The van der Waals surface area contributed by atoms with E-state index < -0.39 is 10.0 Å². The van der Waals surface area contributed by atoms with Crippen LogP contribution in [0.1, 0.15) is 15.9 Å². The molecule has 0 atom stereocenters. The van der Waals surface area contributed by atoms with Crippen LogP contribution in [0.15, 0.2) is 53.4 Å². The van der Waals surface area contributed by atoms with E-state index in [1.54, 1.807) is 24.3 Å². The number of amides is 1. The summed E-state index contributed by atoms with van der Waals surface area (Å²) in [4.78, 5) is 12.1. The van der Waals surface area contributed by atoms with Crippen LogP contribution in [0.25, 0.3) is 0 Å². The number of carbonyl (C=O) groups is 1. The lowest BCUT2D eigenvalue weighted by Crippen LogP contribution is -2.34. The highest BCUT2D eigenvalue weighted by molar-refractivity contribution is 7.89. The zero-order chi connectivity index (χ0) is 16.9. The van der Waals surface area contributed by atoms with E-state index in [2.05, 4.69) is 10.0 Å². The number of benzene rings is 2. The second-order valence-electron chi connectivity index (χ2n) is 4.93. The zero-order valence-corrected chi connectivity index (χ0v) is 14.1. The molecule has 23 heavy (non-hydrogen) atoms. The maximum Gasteiger partial charge on any atom is 0.251 e. The highest BCUT2D eigenvalue weighted by Crippen LogP contribution is 2.14. The number of sulfonamides is 1. The fourth-order valence-corrected chi connectivity index (χ4v) is 3.33. The molecule has 0 aliphatic rings. The summed E-state index contributed by atoms with van der Waals surface area (Å²) in [7, 11) is -3.64. The number of carbonyl (C=O) groups excluding carboxylic acids is 1. The first-order valence-corrected chi connectivity index (χ1v) is 8.85. The standard InChI is InChI=1S/C16H17ClN2O3S/c1-12-5-2-3-8-15(12)16(20)18-9-10-19-23(21,22)14-7-4-6-13(17)11-14/h2-8,11,19H,9-10H2,1H3,(H,18,20). The number of rotatable bonds is 6. The molecule has 0 unspecified atom stereocenters. The van der Waals surface area contributed by atoms with Gasteiger partial charge in [0.05, 0.1) is 4.90 Å². The van der Waals surface area contributed by atoms with E-state index in [1.807, 2.05) is 19.1 Å². The maximum atomic E-state index is 12.1. The number of hydrogen-bond acceptors (Lipinski definition) is 3. The van der Waals surface area contributed by atoms with E-state index in [0.29, 0.717) is 10.6 Å². The molecule has 0 fully saturated rings. The minimum atomic E-state index is -3.64. The van der Waals surface area contributed by atoms with E-state index in [4.69, 9.17) is 11.6 Å². The SMILES string of the molecule is Cc1ccccc1C(=O)NCCNS(=O)(=O)c1cccc(Cl)c1. The van der Waals surface area contributed by atoms with Crippen molar-refractivity contribution < 1.29 is 13.2 Å². The molecule has 1 amide bonds. The lowest BCUT2D eigenvalue weighted by atomic mass is 10.1. The quantitative estimate of drug-likeness (QED) is 0.784. The Morgan fingerprint density at radius 3 is 2.52 bits per heavy atom. The van der Waals surface area contributed by atoms with Gasteiger partial charge in [0.1, 0.15) is 0 Å². The highest BCUT2D eigenvalue weighted by atomic mass is 35.5. The van der Waals surface area contributed by atoms with Crippen molar-refractivity contribution in [2.45, 2.75) is 11.8 Å². The second-order valence-corrected chi connectivity index (χ2v) is 7.13. The van der Waals surface area contributed by atoms with Crippen LogP contribution in [-0.4, -0.2) is 27.4 Å². The summed E-state index contributed by atoms with van der Waals surface area (Å²) in [6, 6.07) is 13.2. The van der Waals surface area contributed by atoms with Crippen LogP contribution in [0, 0.1) is 6.92 Å². The molecule has 0 radical (unpaired) electrons. The van der Waals surface area contributed by atoms with E-state index in [0.717, 1.165) is 5.56 Å². The summed E-state index contributed by atoms with van der Waals surface area (Å²) in [5, 5.41) is 3.03. The molecule has 0 aliphatic heterocycles. The lowest BCUT2D eigenvalue weighted by molar-refractivity contribution is 0.0953. The molecule has 5 nitrogen and oxygen atoms in total. The Bertz CT molecular complexity index is 806. The summed E-state index contributed by atoms with van der Waals surface area (Å²) in [5.74, 6) is -0.231. The summed E-state index contributed by atoms with van der Waals surface area (Å²) in [6.45, 7) is 2.12. The molecule has 0 saturated carbocycles. The number of halogens is 1. The van der Waals surface area contributed by atoms with Crippen molar-refractivity contribution in [3.05, 3.63) is 64.7 Å². The molecule has 2 rings (SSSR count). The number of hydrogen-bond donors (Lipinski definition) is 2. The fourth-order valence-electron chi connectivity index (χ4n) is 2.00. The minimum Gasteiger partial charge on any atom is -0.351 e. The van der Waals surface area contributed by atoms with Crippen molar-refractivity contribution in [2.75, 3.05) is 13.1 Å². The van der Waals surface area contributed by atoms with Crippen molar-refractivity contribution in [1.82, 2.24) is 10.0 Å². The molecule has 0 spiro atoms. The van der Waals surface area contributed by atoms with Crippen LogP contribution in [0.2, 0.25) is 5.02 Å². The Labute approximate surface area is 140 Å². The largest absolute Gasteiger partial charge is 0.351 e. The topological polar surface area (TPSA) is 75.3 Å². The molecule has 0 aromatic heterocycles. The minimum absolute atomic E-state index is 0.0897. The molecule has 2 aromatic rings. The Morgan fingerprint density at radius 1 is 1.09 bits per heavy atom. The Kier molecular flexibility index (Phi) is 5.76. The van der Waals surface area contributed by atoms with Gasteiger partial charge in [0, 0.05) is 23.7 Å². The summed E-state index contributed by atoms with van der Waals surface area (Å²) in [6.07, 6.45) is 0. The third-order valence-corrected chi connectivity index (χ3v) is 4.89. The molecule has 0 aliphatic carbocycles. The van der Waals surface area contributed by atoms with Gasteiger partial charge in [-0.3, -0.25) is 4.79 Å². The highest BCUT2D eigenvalue weighted by Gasteiger charge is 2.14. The van der Waals surface area contributed by atoms with Gasteiger partial charge in [0.25, 0.3) is 5.91 Å². The average Bonchev–Trinajstić information content (AvgIpc) is 2.52. The zero-order valence-electron chi connectivity index (χ0n) is 12.5. The summed E-state index contributed by atoms with van der Waals surface area (Å²) >= 11 is 5.79. The monoisotopic (exact) mass is 352 g/mol. The molecule has 0 heterocycles. The van der Waals surface area contributed by atoms with Crippen LogP contribution >= 0.6 is 11.6 Å². The van der Waals surface area contributed by atoms with E-state index in [1.165, 1.54) is 12.1 Å². The van der Waals surface area contributed by atoms with E-state index in [-0.39, 0.29) is 23.9 Å². The molecule has 122 valence electrons. The van der Waals surface area contributed by atoms with Gasteiger partial charge in [-0.25, -0.2) is 13.1 Å².